The van der Waals surface area contributed by atoms with Crippen molar-refractivity contribution in [2.75, 3.05) is 13.2 Å². The molecule has 0 atom stereocenters. The van der Waals surface area contributed by atoms with E-state index in [0.717, 1.165) is 30.5 Å². The molecule has 0 bridgehead atoms. The maximum Gasteiger partial charge on any atom is 0.359 e. The van der Waals surface area contributed by atoms with Crippen LogP contribution in [-0.2, 0) is 22.3 Å². The van der Waals surface area contributed by atoms with Crippen molar-refractivity contribution in [3.8, 4) is 5.69 Å². The molecule has 0 aliphatic heterocycles. The van der Waals surface area contributed by atoms with Gasteiger partial charge in [-0.15, -0.1) is 0 Å². The van der Waals surface area contributed by atoms with E-state index < -0.39 is 24.3 Å². The Balaban J connectivity index is 1.54. The van der Waals surface area contributed by atoms with Crippen LogP contribution in [0.4, 0.5) is 4.39 Å². The second-order valence-electron chi connectivity index (χ2n) is 8.21. The molecule has 1 aliphatic carbocycles. The van der Waals surface area contributed by atoms with E-state index in [1.54, 1.807) is 37.6 Å². The Hall–Kier alpha value is -3.75. The summed E-state index contributed by atoms with van der Waals surface area (Å²) in [5.74, 6) is -2.03. The Kier molecular flexibility index (Phi) is 6.63. The lowest BCUT2D eigenvalue weighted by molar-refractivity contribution is 0.0465. The van der Waals surface area contributed by atoms with Crippen molar-refractivity contribution in [1.82, 2.24) is 14.8 Å². The van der Waals surface area contributed by atoms with Gasteiger partial charge in [0, 0.05) is 17.0 Å². The summed E-state index contributed by atoms with van der Waals surface area (Å²) in [4.78, 5) is 40.8. The van der Waals surface area contributed by atoms with Crippen molar-refractivity contribution in [1.29, 1.82) is 0 Å². The predicted octanol–water partition coefficient (Wildman–Crippen LogP) is 4.05. The number of Topliss-reactive ketones (excluding diaryl/α,β-unsaturated/α-hetero) is 1. The minimum atomic E-state index is -0.695. The number of carbonyl (C=O) groups excluding carboxylic acids is 3. The van der Waals surface area contributed by atoms with E-state index in [2.05, 4.69) is 10.1 Å². The Morgan fingerprint density at radius 2 is 1.76 bits per heavy atom. The fourth-order valence-corrected chi connectivity index (χ4v) is 4.37. The largest absolute Gasteiger partial charge is 0.462 e. The average molecular weight is 467 g/mol. The lowest BCUT2D eigenvalue weighted by Gasteiger charge is -2.14. The number of aromatic nitrogens is 3. The van der Waals surface area contributed by atoms with Crippen molar-refractivity contribution >= 4 is 17.7 Å². The number of fused-ring (bicyclic) bond motifs is 1. The normalized spacial score (nSPS) is 12.8. The lowest BCUT2D eigenvalue weighted by atomic mass is 9.95. The molecular formula is C25H26FN3O5. The summed E-state index contributed by atoms with van der Waals surface area (Å²) in [7, 11) is 0. The molecule has 0 spiro atoms. The molecule has 2 heterocycles. The van der Waals surface area contributed by atoms with Crippen LogP contribution in [0.3, 0.4) is 0 Å². The smallest absolute Gasteiger partial charge is 0.359 e. The number of ketones is 1. The molecule has 0 amide bonds. The van der Waals surface area contributed by atoms with Crippen LogP contribution >= 0.6 is 0 Å². The van der Waals surface area contributed by atoms with Gasteiger partial charge < -0.3 is 14.5 Å². The maximum absolute atomic E-state index is 13.4. The molecule has 178 valence electrons. The first kappa shape index (κ1) is 23.4. The third-order valence-corrected chi connectivity index (χ3v) is 5.98. The van der Waals surface area contributed by atoms with E-state index in [9.17, 15) is 18.8 Å². The van der Waals surface area contributed by atoms with Gasteiger partial charge in [-0.05, 0) is 76.3 Å². The van der Waals surface area contributed by atoms with Crippen LogP contribution in [0.5, 0.6) is 0 Å². The molecule has 2 aromatic heterocycles. The number of esters is 2. The number of rotatable bonds is 7. The summed E-state index contributed by atoms with van der Waals surface area (Å²) in [6.45, 7) is 4.75. The molecule has 1 aromatic carbocycles. The number of H-pyrrole nitrogens is 1. The van der Waals surface area contributed by atoms with Crippen LogP contribution in [0.25, 0.3) is 5.69 Å². The highest BCUT2D eigenvalue weighted by Crippen LogP contribution is 2.28. The molecule has 0 saturated carbocycles. The summed E-state index contributed by atoms with van der Waals surface area (Å²) in [5, 5.41) is 4.46. The highest BCUT2D eigenvalue weighted by atomic mass is 19.1. The van der Waals surface area contributed by atoms with E-state index in [-0.39, 0.29) is 23.8 Å². The van der Waals surface area contributed by atoms with Gasteiger partial charge in [-0.2, -0.15) is 5.10 Å². The molecular weight excluding hydrogens is 441 g/mol. The number of aryl methyl sites for hydroxylation is 1. The van der Waals surface area contributed by atoms with Gasteiger partial charge in [-0.1, -0.05) is 0 Å². The lowest BCUT2D eigenvalue weighted by Crippen LogP contribution is -2.17. The number of benzene rings is 1. The average Bonchev–Trinajstić information content (AvgIpc) is 3.35. The molecule has 0 unspecified atom stereocenters. The standard InChI is InChI=1S/C25H26FN3O5/c1-4-33-24(31)21-14(2)22(27-15(21)3)20(30)13-34-25(32)23-18-7-5-6-8-19(18)29(28-23)17-11-9-16(26)10-12-17/h9-12,27H,4-8,13H2,1-3H3. The Labute approximate surface area is 196 Å². The third-order valence-electron chi connectivity index (χ3n) is 5.98. The summed E-state index contributed by atoms with van der Waals surface area (Å²) in [5.41, 5.74) is 3.98. The van der Waals surface area contributed by atoms with Gasteiger partial charge in [0.1, 0.15) is 5.82 Å². The fourth-order valence-electron chi connectivity index (χ4n) is 4.37. The summed E-state index contributed by atoms with van der Waals surface area (Å²) < 4.78 is 25.4. The minimum absolute atomic E-state index is 0.165. The second-order valence-corrected chi connectivity index (χ2v) is 8.21. The monoisotopic (exact) mass is 467 g/mol. The zero-order chi connectivity index (χ0) is 24.4. The molecule has 1 aliphatic rings. The van der Waals surface area contributed by atoms with E-state index >= 15 is 0 Å². The highest BCUT2D eigenvalue weighted by molar-refractivity contribution is 6.03. The summed E-state index contributed by atoms with van der Waals surface area (Å²) in [6.07, 6.45) is 3.29. The van der Waals surface area contributed by atoms with E-state index in [1.165, 1.54) is 12.1 Å². The van der Waals surface area contributed by atoms with E-state index in [1.807, 2.05) is 0 Å². The Morgan fingerprint density at radius 3 is 2.47 bits per heavy atom. The van der Waals surface area contributed by atoms with Gasteiger partial charge in [-0.3, -0.25) is 4.79 Å². The minimum Gasteiger partial charge on any atom is -0.462 e. The van der Waals surface area contributed by atoms with Crippen LogP contribution < -0.4 is 0 Å². The van der Waals surface area contributed by atoms with Crippen molar-refractivity contribution < 1.29 is 28.2 Å². The van der Waals surface area contributed by atoms with Gasteiger partial charge >= 0.3 is 11.9 Å². The molecule has 8 nitrogen and oxygen atoms in total. The van der Waals surface area contributed by atoms with Crippen molar-refractivity contribution in [2.45, 2.75) is 46.5 Å². The van der Waals surface area contributed by atoms with Gasteiger partial charge in [0.2, 0.25) is 5.78 Å². The third kappa shape index (κ3) is 4.37. The van der Waals surface area contributed by atoms with Crippen molar-refractivity contribution in [2.24, 2.45) is 0 Å². The first-order chi connectivity index (χ1) is 16.3. The number of hydrogen-bond donors (Lipinski definition) is 1. The van der Waals surface area contributed by atoms with Gasteiger partial charge in [0.15, 0.2) is 12.3 Å². The number of carbonyl (C=O) groups is 3. The molecule has 1 N–H and O–H groups in total. The highest BCUT2D eigenvalue weighted by Gasteiger charge is 2.28. The summed E-state index contributed by atoms with van der Waals surface area (Å²) >= 11 is 0. The molecule has 4 rings (SSSR count). The molecule has 0 fully saturated rings. The topological polar surface area (TPSA) is 103 Å². The molecule has 34 heavy (non-hydrogen) atoms. The van der Waals surface area contributed by atoms with Gasteiger partial charge in [0.25, 0.3) is 0 Å². The molecule has 0 saturated heterocycles. The van der Waals surface area contributed by atoms with Crippen molar-refractivity contribution in [3.05, 3.63) is 69.5 Å². The number of halogens is 1. The quantitative estimate of drug-likeness (QED) is 0.415. The van der Waals surface area contributed by atoms with Gasteiger partial charge in [-0.25, -0.2) is 18.7 Å². The van der Waals surface area contributed by atoms with Gasteiger partial charge in [0.05, 0.1) is 23.6 Å². The SMILES string of the molecule is CCOC(=O)c1c(C)[nH]c(C(=O)COC(=O)c2nn(-c3ccc(F)cc3)c3c2CCCC3)c1C. The van der Waals surface area contributed by atoms with E-state index in [0.29, 0.717) is 28.9 Å². The molecule has 3 aromatic rings. The van der Waals surface area contributed by atoms with Crippen LogP contribution in [0.2, 0.25) is 0 Å². The number of ether oxygens (including phenoxy) is 2. The zero-order valence-electron chi connectivity index (χ0n) is 19.4. The first-order valence-electron chi connectivity index (χ1n) is 11.2. The van der Waals surface area contributed by atoms with E-state index in [4.69, 9.17) is 9.47 Å². The number of aromatic amines is 1. The zero-order valence-corrected chi connectivity index (χ0v) is 19.4. The Morgan fingerprint density at radius 1 is 1.06 bits per heavy atom. The predicted molar refractivity (Wildman–Crippen MR) is 121 cm³/mol. The van der Waals surface area contributed by atoms with Crippen LogP contribution in [-0.4, -0.2) is 45.7 Å². The molecule has 9 heteroatoms. The second kappa shape index (κ2) is 9.62. The number of hydrogen-bond acceptors (Lipinski definition) is 6. The fraction of sp³-hybridized carbons (Fsp3) is 0.360. The first-order valence-corrected chi connectivity index (χ1v) is 11.2. The number of nitrogens with one attached hydrogen (secondary N) is 1. The molecule has 0 radical (unpaired) electrons. The van der Waals surface area contributed by atoms with Crippen LogP contribution in [0.15, 0.2) is 24.3 Å². The van der Waals surface area contributed by atoms with Crippen molar-refractivity contribution in [3.63, 3.8) is 0 Å². The van der Waals surface area contributed by atoms with Crippen LogP contribution in [0.1, 0.15) is 73.6 Å². The number of nitrogens with zero attached hydrogens (tertiary/aromatic N) is 2. The summed E-state index contributed by atoms with van der Waals surface area (Å²) in [6, 6.07) is 5.89. The van der Waals surface area contributed by atoms with Crippen LogP contribution in [0, 0.1) is 19.7 Å². The maximum atomic E-state index is 13.4. The Bertz CT molecular complexity index is 1260.